The van der Waals surface area contributed by atoms with Crippen LogP contribution in [-0.4, -0.2) is 27.8 Å². The molecule has 26 heavy (non-hydrogen) atoms. The van der Waals surface area contributed by atoms with Crippen LogP contribution in [0.25, 0.3) is 11.5 Å². The lowest BCUT2D eigenvalue weighted by molar-refractivity contribution is -0.139. The summed E-state index contributed by atoms with van der Waals surface area (Å²) in [5.74, 6) is -0.0747. The zero-order valence-corrected chi connectivity index (χ0v) is 16.2. The van der Waals surface area contributed by atoms with Gasteiger partial charge in [-0.25, -0.2) is 4.79 Å². The van der Waals surface area contributed by atoms with Gasteiger partial charge in [0, 0.05) is 10.9 Å². The van der Waals surface area contributed by atoms with E-state index in [1.54, 1.807) is 30.3 Å². The maximum atomic E-state index is 10.7. The van der Waals surface area contributed by atoms with E-state index in [0.29, 0.717) is 33.6 Å². The highest BCUT2D eigenvalue weighted by Crippen LogP contribution is 2.32. The number of aliphatic carboxylic acids is 1. The Hall–Kier alpha value is -2.09. The average Bonchev–Trinajstić information content (AvgIpc) is 3.05. The second kappa shape index (κ2) is 8.07. The molecule has 0 bridgehead atoms. The van der Waals surface area contributed by atoms with Crippen LogP contribution in [0.1, 0.15) is 11.4 Å². The van der Waals surface area contributed by atoms with Crippen molar-refractivity contribution in [3.05, 3.63) is 62.3 Å². The van der Waals surface area contributed by atoms with Gasteiger partial charge in [0.15, 0.2) is 12.4 Å². The van der Waals surface area contributed by atoms with Crippen LogP contribution in [-0.2, 0) is 11.2 Å². The first-order valence-corrected chi connectivity index (χ1v) is 8.88. The normalized spacial score (nSPS) is 10.7. The van der Waals surface area contributed by atoms with Gasteiger partial charge in [0.1, 0.15) is 5.75 Å². The van der Waals surface area contributed by atoms with E-state index in [4.69, 9.17) is 37.6 Å². The van der Waals surface area contributed by atoms with Gasteiger partial charge in [-0.3, -0.25) is 0 Å². The number of carbonyl (C=O) groups is 1. The molecule has 0 spiro atoms. The number of ether oxygens (including phenoxy) is 1. The number of halogens is 3. The van der Waals surface area contributed by atoms with Gasteiger partial charge in [0.25, 0.3) is 5.89 Å². The van der Waals surface area contributed by atoms with Crippen molar-refractivity contribution >= 4 is 45.1 Å². The summed E-state index contributed by atoms with van der Waals surface area (Å²) in [5, 5.41) is 13.7. The van der Waals surface area contributed by atoms with Crippen LogP contribution < -0.4 is 4.74 Å². The monoisotopic (exact) mass is 456 g/mol. The van der Waals surface area contributed by atoms with Gasteiger partial charge in [-0.2, -0.15) is 4.98 Å². The highest BCUT2D eigenvalue weighted by Gasteiger charge is 2.16. The minimum Gasteiger partial charge on any atom is -0.481 e. The fraction of sp³-hybridized carbons (Fsp3) is 0.118. The highest BCUT2D eigenvalue weighted by atomic mass is 79.9. The van der Waals surface area contributed by atoms with E-state index in [1.165, 1.54) is 0 Å². The third-order valence-corrected chi connectivity index (χ3v) is 4.57. The van der Waals surface area contributed by atoms with Crippen molar-refractivity contribution in [2.24, 2.45) is 0 Å². The van der Waals surface area contributed by atoms with Crippen molar-refractivity contribution in [2.75, 3.05) is 6.61 Å². The molecule has 0 unspecified atom stereocenters. The zero-order chi connectivity index (χ0) is 18.7. The maximum absolute atomic E-state index is 10.7. The van der Waals surface area contributed by atoms with Gasteiger partial charge in [0.05, 0.1) is 15.6 Å². The van der Waals surface area contributed by atoms with Crippen LogP contribution in [0.4, 0.5) is 0 Å². The van der Waals surface area contributed by atoms with E-state index < -0.39 is 12.6 Å². The van der Waals surface area contributed by atoms with Crippen LogP contribution in [0.2, 0.25) is 10.0 Å². The van der Waals surface area contributed by atoms with Crippen LogP contribution in [0.5, 0.6) is 5.75 Å². The molecule has 3 aromatic rings. The van der Waals surface area contributed by atoms with E-state index in [9.17, 15) is 4.79 Å². The Morgan fingerprint density at radius 3 is 2.73 bits per heavy atom. The van der Waals surface area contributed by atoms with E-state index >= 15 is 0 Å². The number of hydrogen-bond acceptors (Lipinski definition) is 5. The van der Waals surface area contributed by atoms with E-state index in [-0.39, 0.29) is 5.89 Å². The molecule has 0 radical (unpaired) electrons. The molecule has 134 valence electrons. The van der Waals surface area contributed by atoms with Crippen molar-refractivity contribution in [3.8, 4) is 17.2 Å². The molecule has 1 heterocycles. The van der Waals surface area contributed by atoms with Crippen molar-refractivity contribution in [1.82, 2.24) is 10.1 Å². The smallest absolute Gasteiger partial charge is 0.341 e. The minimum atomic E-state index is -1.08. The van der Waals surface area contributed by atoms with E-state index in [2.05, 4.69) is 26.1 Å². The Kier molecular flexibility index (Phi) is 5.80. The molecule has 0 fully saturated rings. The molecule has 0 aliphatic rings. The molecular weight excluding hydrogens is 447 g/mol. The zero-order valence-electron chi connectivity index (χ0n) is 13.1. The maximum Gasteiger partial charge on any atom is 0.341 e. The van der Waals surface area contributed by atoms with Crippen molar-refractivity contribution in [2.45, 2.75) is 6.42 Å². The molecule has 3 rings (SSSR count). The summed E-state index contributed by atoms with van der Waals surface area (Å²) in [4.78, 5) is 15.1. The average molecular weight is 458 g/mol. The first-order chi connectivity index (χ1) is 12.4. The van der Waals surface area contributed by atoms with Gasteiger partial charge in [0.2, 0.25) is 0 Å². The largest absolute Gasteiger partial charge is 0.481 e. The number of aromatic nitrogens is 2. The van der Waals surface area contributed by atoms with Gasteiger partial charge in [-0.1, -0.05) is 50.4 Å². The number of hydrogen-bond donors (Lipinski definition) is 1. The van der Waals surface area contributed by atoms with Gasteiger partial charge in [-0.15, -0.1) is 0 Å². The molecule has 0 saturated carbocycles. The lowest BCUT2D eigenvalue weighted by Crippen LogP contribution is -2.10. The number of nitrogens with zero attached hydrogens (tertiary/aromatic N) is 2. The summed E-state index contributed by atoms with van der Waals surface area (Å²) in [6.45, 7) is -0.473. The predicted octanol–water partition coefficient (Wildman–Crippen LogP) is 4.86. The van der Waals surface area contributed by atoms with E-state index in [1.807, 2.05) is 6.07 Å². The summed E-state index contributed by atoms with van der Waals surface area (Å²) in [6, 6.07) is 10.3. The molecular formula is C17H11BrCl2N2O4. The standard InChI is InChI=1S/C17H11BrCl2N2O4/c18-10-2-4-14(25-8-16(23)24)11(7-10)17-21-15(22-26-17)6-9-1-3-12(19)13(20)5-9/h1-5,7H,6,8H2,(H,23,24). The molecule has 1 aromatic heterocycles. The summed E-state index contributed by atoms with van der Waals surface area (Å²) in [6.07, 6.45) is 0.402. The molecule has 6 nitrogen and oxygen atoms in total. The first kappa shape index (κ1) is 18.7. The topological polar surface area (TPSA) is 85.5 Å². The predicted molar refractivity (Wildman–Crippen MR) is 99.8 cm³/mol. The number of rotatable bonds is 6. The second-order valence-corrected chi connectivity index (χ2v) is 6.99. The molecule has 0 saturated heterocycles. The van der Waals surface area contributed by atoms with Crippen LogP contribution in [0.15, 0.2) is 45.4 Å². The molecule has 9 heteroatoms. The van der Waals surface area contributed by atoms with Crippen molar-refractivity contribution < 1.29 is 19.2 Å². The lowest BCUT2D eigenvalue weighted by atomic mass is 10.1. The summed E-state index contributed by atoms with van der Waals surface area (Å²) in [5.41, 5.74) is 1.37. The molecule has 2 aromatic carbocycles. The number of benzene rings is 2. The summed E-state index contributed by atoms with van der Waals surface area (Å²) < 4.78 is 11.4. The molecule has 0 amide bonds. The lowest BCUT2D eigenvalue weighted by Gasteiger charge is -2.07. The quantitative estimate of drug-likeness (QED) is 0.568. The van der Waals surface area contributed by atoms with Gasteiger partial charge >= 0.3 is 5.97 Å². The minimum absolute atomic E-state index is 0.224. The van der Waals surface area contributed by atoms with Crippen LogP contribution in [0, 0.1) is 0 Å². The molecule has 0 aliphatic heterocycles. The van der Waals surface area contributed by atoms with E-state index in [0.717, 1.165) is 10.0 Å². The Morgan fingerprint density at radius 2 is 2.00 bits per heavy atom. The Morgan fingerprint density at radius 1 is 1.19 bits per heavy atom. The fourth-order valence-electron chi connectivity index (χ4n) is 2.20. The van der Waals surface area contributed by atoms with Gasteiger partial charge in [-0.05, 0) is 35.9 Å². The molecule has 1 N–H and O–H groups in total. The molecule has 0 aliphatic carbocycles. The first-order valence-electron chi connectivity index (χ1n) is 7.33. The Bertz CT molecular complexity index is 962. The SMILES string of the molecule is O=C(O)COc1ccc(Br)cc1-c1nc(Cc2ccc(Cl)c(Cl)c2)no1. The van der Waals surface area contributed by atoms with Crippen molar-refractivity contribution in [3.63, 3.8) is 0 Å². The van der Waals surface area contributed by atoms with Crippen LogP contribution >= 0.6 is 39.1 Å². The Balaban J connectivity index is 1.86. The summed E-state index contributed by atoms with van der Waals surface area (Å²) >= 11 is 15.3. The third-order valence-electron chi connectivity index (χ3n) is 3.34. The molecule has 0 atom stereocenters. The summed E-state index contributed by atoms with van der Waals surface area (Å²) in [7, 11) is 0. The van der Waals surface area contributed by atoms with Gasteiger partial charge < -0.3 is 14.4 Å². The Labute approximate surface area is 166 Å². The number of carboxylic acid groups (broad SMARTS) is 1. The van der Waals surface area contributed by atoms with Crippen LogP contribution in [0.3, 0.4) is 0 Å². The second-order valence-electron chi connectivity index (χ2n) is 5.26. The highest BCUT2D eigenvalue weighted by molar-refractivity contribution is 9.10. The number of carboxylic acids is 1. The third kappa shape index (κ3) is 4.55. The van der Waals surface area contributed by atoms with Crippen molar-refractivity contribution in [1.29, 1.82) is 0 Å². The fourth-order valence-corrected chi connectivity index (χ4v) is 2.88.